The molecule has 0 aliphatic carbocycles. The van der Waals surface area contributed by atoms with E-state index in [1.54, 1.807) is 25.1 Å². The van der Waals surface area contributed by atoms with E-state index in [0.29, 0.717) is 27.6 Å². The number of benzene rings is 1. The summed E-state index contributed by atoms with van der Waals surface area (Å²) >= 11 is 0. The number of pyridine rings is 1. The molecule has 1 amide bonds. The smallest absolute Gasteiger partial charge is 0.252 e. The predicted octanol–water partition coefficient (Wildman–Crippen LogP) is 2.32. The fourth-order valence-electron chi connectivity index (χ4n) is 2.35. The molecule has 0 atom stereocenters. The van der Waals surface area contributed by atoms with Gasteiger partial charge in [0.15, 0.2) is 0 Å². The number of amides is 1. The van der Waals surface area contributed by atoms with Crippen molar-refractivity contribution < 1.29 is 9.21 Å². The number of hydrogen-bond acceptors (Lipinski definition) is 4. The molecule has 0 fully saturated rings. The van der Waals surface area contributed by atoms with E-state index in [2.05, 4.69) is 10.3 Å². The second-order valence-corrected chi connectivity index (χ2v) is 4.98. The molecule has 0 aliphatic rings. The van der Waals surface area contributed by atoms with Crippen molar-refractivity contribution >= 4 is 28.0 Å². The molecule has 1 aromatic carbocycles. The van der Waals surface area contributed by atoms with Crippen molar-refractivity contribution in [3.8, 4) is 0 Å². The molecule has 3 rings (SSSR count). The van der Waals surface area contributed by atoms with Crippen LogP contribution in [0.25, 0.3) is 22.1 Å². The monoisotopic (exact) mass is 282 g/mol. The van der Waals surface area contributed by atoms with E-state index in [0.717, 1.165) is 5.56 Å². The summed E-state index contributed by atoms with van der Waals surface area (Å²) in [5.41, 5.74) is 2.45. The van der Waals surface area contributed by atoms with Crippen LogP contribution < -0.4 is 10.7 Å². The molecule has 0 aliphatic heterocycles. The van der Waals surface area contributed by atoms with E-state index < -0.39 is 0 Å². The van der Waals surface area contributed by atoms with Crippen molar-refractivity contribution in [2.24, 2.45) is 0 Å². The molecule has 2 heterocycles. The number of aromatic nitrogens is 1. The Balaban J connectivity index is 2.44. The van der Waals surface area contributed by atoms with E-state index in [1.807, 2.05) is 13.0 Å². The van der Waals surface area contributed by atoms with Gasteiger partial charge in [-0.15, -0.1) is 0 Å². The summed E-state index contributed by atoms with van der Waals surface area (Å²) in [6.45, 7) is 3.62. The zero-order valence-electron chi connectivity index (χ0n) is 12.0. The number of nitrogens with one attached hydrogen (secondary N) is 1. The van der Waals surface area contributed by atoms with Crippen LogP contribution in [0.2, 0.25) is 0 Å². The van der Waals surface area contributed by atoms with Gasteiger partial charge in [0.05, 0.1) is 22.0 Å². The van der Waals surface area contributed by atoms with Gasteiger partial charge in [0.25, 0.3) is 5.91 Å². The van der Waals surface area contributed by atoms with Crippen LogP contribution in [0.3, 0.4) is 0 Å². The van der Waals surface area contributed by atoms with Crippen LogP contribution in [0.5, 0.6) is 0 Å². The second kappa shape index (κ2) is 4.70. The van der Waals surface area contributed by atoms with Gasteiger partial charge in [-0.3, -0.25) is 9.59 Å². The summed E-state index contributed by atoms with van der Waals surface area (Å²) in [4.78, 5) is 28.7. The zero-order chi connectivity index (χ0) is 15.1. The van der Waals surface area contributed by atoms with E-state index >= 15 is 0 Å². The van der Waals surface area contributed by atoms with Gasteiger partial charge in [-0.25, -0.2) is 4.98 Å². The molecule has 0 saturated heterocycles. The molecule has 2 aromatic heterocycles. The Hall–Kier alpha value is -2.69. The maximum absolute atomic E-state index is 12.6. The van der Waals surface area contributed by atoms with Crippen LogP contribution in [0, 0.1) is 13.8 Å². The van der Waals surface area contributed by atoms with Crippen molar-refractivity contribution in [1.29, 1.82) is 0 Å². The summed E-state index contributed by atoms with van der Waals surface area (Å²) in [6, 6.07) is 6.96. The molecule has 3 aromatic rings. The molecule has 5 nitrogen and oxygen atoms in total. The standard InChI is InChI=1S/C16H14N2O3/c1-8-4-5-13-11(6-8)14(19)12-7-10(15(20)17-3)9(2)18-16(12)21-13/h4-7H,1-3H3,(H,17,20). The minimum Gasteiger partial charge on any atom is -0.437 e. The molecule has 5 heteroatoms. The third kappa shape index (κ3) is 2.07. The number of aryl methyl sites for hydroxylation is 2. The molecule has 0 spiro atoms. The van der Waals surface area contributed by atoms with Gasteiger partial charge in [-0.1, -0.05) is 11.6 Å². The topological polar surface area (TPSA) is 72.2 Å². The van der Waals surface area contributed by atoms with Gasteiger partial charge in [-0.05, 0) is 32.0 Å². The van der Waals surface area contributed by atoms with Crippen LogP contribution in [-0.2, 0) is 0 Å². The summed E-state index contributed by atoms with van der Waals surface area (Å²) < 4.78 is 5.69. The largest absolute Gasteiger partial charge is 0.437 e. The average Bonchev–Trinajstić information content (AvgIpc) is 2.47. The summed E-state index contributed by atoms with van der Waals surface area (Å²) in [5, 5.41) is 3.35. The highest BCUT2D eigenvalue weighted by Gasteiger charge is 2.15. The maximum atomic E-state index is 12.6. The highest BCUT2D eigenvalue weighted by atomic mass is 16.3. The number of carbonyl (C=O) groups excluding carboxylic acids is 1. The fourth-order valence-corrected chi connectivity index (χ4v) is 2.35. The molecule has 106 valence electrons. The lowest BCUT2D eigenvalue weighted by molar-refractivity contribution is 0.0962. The Morgan fingerprint density at radius 2 is 1.95 bits per heavy atom. The summed E-state index contributed by atoms with van der Waals surface area (Å²) in [6.07, 6.45) is 0. The molecule has 1 N–H and O–H groups in total. The van der Waals surface area contributed by atoms with Crippen molar-refractivity contribution in [3.63, 3.8) is 0 Å². The summed E-state index contributed by atoms with van der Waals surface area (Å²) in [7, 11) is 1.54. The van der Waals surface area contributed by atoms with Gasteiger partial charge in [0.2, 0.25) is 11.1 Å². The van der Waals surface area contributed by atoms with Crippen molar-refractivity contribution in [1.82, 2.24) is 10.3 Å². The summed E-state index contributed by atoms with van der Waals surface area (Å²) in [5.74, 6) is -0.273. The van der Waals surface area contributed by atoms with E-state index in [4.69, 9.17) is 4.42 Å². The first-order valence-electron chi connectivity index (χ1n) is 6.58. The van der Waals surface area contributed by atoms with Crippen LogP contribution in [0.1, 0.15) is 21.6 Å². The lowest BCUT2D eigenvalue weighted by atomic mass is 10.1. The highest BCUT2D eigenvalue weighted by molar-refractivity contribution is 5.99. The minimum absolute atomic E-state index is 0.174. The van der Waals surface area contributed by atoms with Crippen LogP contribution in [0.4, 0.5) is 0 Å². The fraction of sp³-hybridized carbons (Fsp3) is 0.188. The van der Waals surface area contributed by atoms with Crippen molar-refractivity contribution in [3.05, 3.63) is 51.3 Å². The number of rotatable bonds is 1. The number of carbonyl (C=O) groups is 1. The van der Waals surface area contributed by atoms with Gasteiger partial charge < -0.3 is 9.73 Å². The first-order valence-corrected chi connectivity index (χ1v) is 6.58. The zero-order valence-corrected chi connectivity index (χ0v) is 12.0. The minimum atomic E-state index is -0.273. The van der Waals surface area contributed by atoms with Crippen molar-refractivity contribution in [2.45, 2.75) is 13.8 Å². The molecule has 0 radical (unpaired) electrons. The van der Waals surface area contributed by atoms with Crippen molar-refractivity contribution in [2.75, 3.05) is 7.05 Å². The molecule has 0 unspecified atom stereocenters. The van der Waals surface area contributed by atoms with E-state index in [-0.39, 0.29) is 17.0 Å². The van der Waals surface area contributed by atoms with Crippen LogP contribution >= 0.6 is 0 Å². The number of hydrogen-bond donors (Lipinski definition) is 1. The molecule has 21 heavy (non-hydrogen) atoms. The predicted molar refractivity (Wildman–Crippen MR) is 80.6 cm³/mol. The Morgan fingerprint density at radius 1 is 1.19 bits per heavy atom. The lowest BCUT2D eigenvalue weighted by Gasteiger charge is -2.06. The molecule has 0 saturated carbocycles. The highest BCUT2D eigenvalue weighted by Crippen LogP contribution is 2.20. The molecule has 0 bridgehead atoms. The Morgan fingerprint density at radius 3 is 2.67 bits per heavy atom. The Bertz CT molecular complexity index is 942. The molecular formula is C16H14N2O3. The Kier molecular flexibility index (Phi) is 2.97. The number of fused-ring (bicyclic) bond motifs is 2. The second-order valence-electron chi connectivity index (χ2n) is 4.98. The SMILES string of the molecule is CNC(=O)c1cc2c(=O)c3cc(C)ccc3oc2nc1C. The molecular weight excluding hydrogens is 268 g/mol. The first kappa shape index (κ1) is 13.3. The first-order chi connectivity index (χ1) is 10.0. The van der Waals surface area contributed by atoms with Crippen LogP contribution in [0.15, 0.2) is 33.5 Å². The van der Waals surface area contributed by atoms with Gasteiger partial charge >= 0.3 is 0 Å². The van der Waals surface area contributed by atoms with Gasteiger partial charge in [0.1, 0.15) is 5.58 Å². The van der Waals surface area contributed by atoms with E-state index in [9.17, 15) is 9.59 Å². The van der Waals surface area contributed by atoms with Gasteiger partial charge in [-0.2, -0.15) is 0 Å². The maximum Gasteiger partial charge on any atom is 0.252 e. The number of nitrogens with zero attached hydrogens (tertiary/aromatic N) is 1. The lowest BCUT2D eigenvalue weighted by Crippen LogP contribution is -2.20. The van der Waals surface area contributed by atoms with Crippen LogP contribution in [-0.4, -0.2) is 17.9 Å². The van der Waals surface area contributed by atoms with E-state index in [1.165, 1.54) is 7.05 Å². The quantitative estimate of drug-likeness (QED) is 0.695. The third-order valence-corrected chi connectivity index (χ3v) is 3.48. The van der Waals surface area contributed by atoms with Gasteiger partial charge in [0, 0.05) is 7.05 Å². The third-order valence-electron chi connectivity index (χ3n) is 3.48. The Labute approximate surface area is 120 Å². The average molecular weight is 282 g/mol. The normalized spacial score (nSPS) is 11.0.